The molecule has 32 heavy (non-hydrogen) atoms. The first-order chi connectivity index (χ1) is 15.5. The fourth-order valence-electron chi connectivity index (χ4n) is 6.83. The maximum atomic E-state index is 14.1. The van der Waals surface area contributed by atoms with Crippen molar-refractivity contribution in [3.63, 3.8) is 0 Å². The standard InChI is InChI=1S/C25H26ClFN4S/c26-19-5-7-20(8-6-19)31-23(25-12-16-9-17(13-25)11-18(10-16)14-25)29-30(24(31)32)15-28-22-4-2-1-3-21(22)27/h1-8,16-18,28H,9-15H2. The van der Waals surface area contributed by atoms with Gasteiger partial charge >= 0.3 is 0 Å². The van der Waals surface area contributed by atoms with Crippen LogP contribution in [0.25, 0.3) is 5.69 Å². The molecule has 4 aliphatic carbocycles. The molecule has 7 heteroatoms. The van der Waals surface area contributed by atoms with Crippen LogP contribution in [0.3, 0.4) is 0 Å². The Kier molecular flexibility index (Phi) is 4.92. The highest BCUT2D eigenvalue weighted by atomic mass is 35.5. The van der Waals surface area contributed by atoms with Gasteiger partial charge in [0.15, 0.2) is 0 Å². The molecule has 0 amide bonds. The summed E-state index contributed by atoms with van der Waals surface area (Å²) >= 11 is 12.1. The van der Waals surface area contributed by atoms with E-state index in [4.69, 9.17) is 28.9 Å². The van der Waals surface area contributed by atoms with Crippen LogP contribution in [0.4, 0.5) is 10.1 Å². The fraction of sp³-hybridized carbons (Fsp3) is 0.440. The second-order valence-electron chi connectivity index (χ2n) is 9.93. The maximum Gasteiger partial charge on any atom is 0.204 e. The van der Waals surface area contributed by atoms with Crippen LogP contribution in [0.2, 0.25) is 5.02 Å². The lowest BCUT2D eigenvalue weighted by molar-refractivity contribution is -0.0104. The van der Waals surface area contributed by atoms with E-state index < -0.39 is 0 Å². The number of halogens is 2. The smallest absolute Gasteiger partial charge is 0.204 e. The summed E-state index contributed by atoms with van der Waals surface area (Å²) < 4.78 is 18.7. The third kappa shape index (κ3) is 3.39. The first-order valence-corrected chi connectivity index (χ1v) is 12.2. The van der Waals surface area contributed by atoms with Crippen molar-refractivity contribution in [1.82, 2.24) is 14.3 Å². The lowest BCUT2D eigenvalue weighted by Crippen LogP contribution is -2.49. The lowest BCUT2D eigenvalue weighted by Gasteiger charge is -2.56. The molecule has 0 radical (unpaired) electrons. The zero-order chi connectivity index (χ0) is 21.9. The minimum Gasteiger partial charge on any atom is -0.364 e. The Balaban J connectivity index is 1.43. The molecule has 0 unspecified atom stereocenters. The second-order valence-corrected chi connectivity index (χ2v) is 10.7. The maximum absolute atomic E-state index is 14.1. The molecule has 1 heterocycles. The number of hydrogen-bond acceptors (Lipinski definition) is 3. The number of rotatable bonds is 5. The first kappa shape index (κ1) is 20.4. The quantitative estimate of drug-likeness (QED) is 0.421. The van der Waals surface area contributed by atoms with Gasteiger partial charge in [-0.3, -0.25) is 4.57 Å². The molecule has 4 bridgehead atoms. The Morgan fingerprint density at radius 1 is 1.00 bits per heavy atom. The second kappa shape index (κ2) is 7.70. The average Bonchev–Trinajstić information content (AvgIpc) is 3.10. The molecule has 7 rings (SSSR count). The molecule has 0 saturated heterocycles. The minimum absolute atomic E-state index is 0.0746. The van der Waals surface area contributed by atoms with Gasteiger partial charge in [-0.1, -0.05) is 23.7 Å². The third-order valence-electron chi connectivity index (χ3n) is 7.73. The van der Waals surface area contributed by atoms with Gasteiger partial charge in [0.1, 0.15) is 18.3 Å². The van der Waals surface area contributed by atoms with Crippen LogP contribution in [0, 0.1) is 28.3 Å². The van der Waals surface area contributed by atoms with Crippen LogP contribution in [-0.4, -0.2) is 14.3 Å². The number of hydrogen-bond donors (Lipinski definition) is 1. The van der Waals surface area contributed by atoms with E-state index >= 15 is 0 Å². The van der Waals surface area contributed by atoms with Crippen LogP contribution < -0.4 is 5.32 Å². The lowest BCUT2D eigenvalue weighted by atomic mass is 9.49. The van der Waals surface area contributed by atoms with Crippen molar-refractivity contribution in [3.05, 3.63) is 70.0 Å². The molecule has 4 fully saturated rings. The SMILES string of the molecule is Fc1ccccc1NCn1nc(C23CC4CC(CC(C4)C2)C3)n(-c2ccc(Cl)cc2)c1=S. The van der Waals surface area contributed by atoms with E-state index in [0.29, 0.717) is 22.1 Å². The van der Waals surface area contributed by atoms with Gasteiger partial charge in [-0.25, -0.2) is 9.07 Å². The number of benzene rings is 2. The molecule has 1 aromatic heterocycles. The van der Waals surface area contributed by atoms with Gasteiger partial charge in [-0.2, -0.15) is 5.10 Å². The van der Waals surface area contributed by atoms with Crippen LogP contribution in [-0.2, 0) is 12.1 Å². The highest BCUT2D eigenvalue weighted by Crippen LogP contribution is 2.60. The van der Waals surface area contributed by atoms with E-state index in [0.717, 1.165) is 29.3 Å². The molecular weight excluding hydrogens is 443 g/mol. The normalized spacial score (nSPS) is 28.2. The number of aromatic nitrogens is 3. The summed E-state index contributed by atoms with van der Waals surface area (Å²) in [6, 6.07) is 14.5. The molecule has 0 atom stereocenters. The summed E-state index contributed by atoms with van der Waals surface area (Å²) in [6.45, 7) is 0.319. The molecule has 0 aliphatic heterocycles. The van der Waals surface area contributed by atoms with Crippen molar-refractivity contribution < 1.29 is 4.39 Å². The Labute approximate surface area is 197 Å². The van der Waals surface area contributed by atoms with Gasteiger partial charge in [-0.15, -0.1) is 0 Å². The van der Waals surface area contributed by atoms with E-state index in [9.17, 15) is 4.39 Å². The van der Waals surface area contributed by atoms with Crippen molar-refractivity contribution in [2.75, 3.05) is 5.32 Å². The predicted molar refractivity (Wildman–Crippen MR) is 127 cm³/mol. The van der Waals surface area contributed by atoms with E-state index in [1.54, 1.807) is 12.1 Å². The summed E-state index contributed by atoms with van der Waals surface area (Å²) in [5, 5.41) is 8.97. The molecular formula is C25H26ClFN4S. The molecule has 4 aliphatic rings. The number of nitrogens with one attached hydrogen (secondary N) is 1. The van der Waals surface area contributed by atoms with Crippen molar-refractivity contribution in [1.29, 1.82) is 0 Å². The average molecular weight is 469 g/mol. The molecule has 1 N–H and O–H groups in total. The highest BCUT2D eigenvalue weighted by Gasteiger charge is 2.54. The minimum atomic E-state index is -0.280. The Bertz CT molecular complexity index is 1180. The number of nitrogens with zero attached hydrogens (tertiary/aromatic N) is 3. The van der Waals surface area contributed by atoms with E-state index in [1.807, 2.05) is 35.0 Å². The van der Waals surface area contributed by atoms with Crippen LogP contribution in [0.15, 0.2) is 48.5 Å². The summed E-state index contributed by atoms with van der Waals surface area (Å²) in [4.78, 5) is 0. The Morgan fingerprint density at radius 2 is 1.62 bits per heavy atom. The van der Waals surface area contributed by atoms with Crippen molar-refractivity contribution >= 4 is 29.5 Å². The summed E-state index contributed by atoms with van der Waals surface area (Å²) in [5.41, 5.74) is 1.51. The summed E-state index contributed by atoms with van der Waals surface area (Å²) in [7, 11) is 0. The van der Waals surface area contributed by atoms with Crippen LogP contribution >= 0.6 is 23.8 Å². The molecule has 4 nitrogen and oxygen atoms in total. The van der Waals surface area contributed by atoms with E-state index in [1.165, 1.54) is 44.6 Å². The predicted octanol–water partition coefficient (Wildman–Crippen LogP) is 6.73. The summed E-state index contributed by atoms with van der Waals surface area (Å²) in [5.74, 6) is 3.19. The van der Waals surface area contributed by atoms with Gasteiger partial charge in [0, 0.05) is 16.1 Å². The van der Waals surface area contributed by atoms with Crippen molar-refractivity contribution in [3.8, 4) is 5.69 Å². The number of para-hydroxylation sites is 1. The largest absolute Gasteiger partial charge is 0.364 e. The van der Waals surface area contributed by atoms with Crippen LogP contribution in [0.1, 0.15) is 44.3 Å². The molecule has 166 valence electrons. The highest BCUT2D eigenvalue weighted by molar-refractivity contribution is 7.71. The summed E-state index contributed by atoms with van der Waals surface area (Å²) in [6.07, 6.45) is 7.70. The van der Waals surface area contributed by atoms with Gasteiger partial charge in [0.25, 0.3) is 0 Å². The van der Waals surface area contributed by atoms with Gasteiger partial charge in [0.05, 0.1) is 5.69 Å². The zero-order valence-corrected chi connectivity index (χ0v) is 19.4. The van der Waals surface area contributed by atoms with Gasteiger partial charge in [0.2, 0.25) is 4.77 Å². The monoisotopic (exact) mass is 468 g/mol. The molecule has 0 spiro atoms. The Morgan fingerprint density at radius 3 is 2.25 bits per heavy atom. The topological polar surface area (TPSA) is 34.8 Å². The van der Waals surface area contributed by atoms with Gasteiger partial charge in [-0.05, 0) is 105 Å². The Hall–Kier alpha value is -2.18. The zero-order valence-electron chi connectivity index (χ0n) is 17.8. The van der Waals surface area contributed by atoms with E-state index in [2.05, 4.69) is 9.88 Å². The molecule has 3 aromatic rings. The fourth-order valence-corrected chi connectivity index (χ4v) is 7.25. The molecule has 2 aromatic carbocycles. The van der Waals surface area contributed by atoms with Crippen molar-refractivity contribution in [2.45, 2.75) is 50.6 Å². The van der Waals surface area contributed by atoms with E-state index in [-0.39, 0.29) is 11.2 Å². The van der Waals surface area contributed by atoms with Crippen molar-refractivity contribution in [2.24, 2.45) is 17.8 Å². The third-order valence-corrected chi connectivity index (χ3v) is 8.38. The van der Waals surface area contributed by atoms with Gasteiger partial charge < -0.3 is 5.32 Å². The first-order valence-electron chi connectivity index (χ1n) is 11.5. The molecule has 4 saturated carbocycles. The number of anilines is 1. The van der Waals surface area contributed by atoms with Crippen LogP contribution in [0.5, 0.6) is 0 Å².